The second-order valence-electron chi connectivity index (χ2n) is 12.0. The first-order valence-corrected chi connectivity index (χ1v) is 16.0. The van der Waals surface area contributed by atoms with Crippen LogP contribution < -0.4 is 19.5 Å². The van der Waals surface area contributed by atoms with Gasteiger partial charge in [0.1, 0.15) is 24.0 Å². The maximum absolute atomic E-state index is 12.9. The molecule has 13 heteroatoms. The van der Waals surface area contributed by atoms with Gasteiger partial charge in [-0.15, -0.1) is 0 Å². The molecule has 0 radical (unpaired) electrons. The normalized spacial score (nSPS) is 20.0. The third-order valence-corrected chi connectivity index (χ3v) is 8.50. The van der Waals surface area contributed by atoms with E-state index in [4.69, 9.17) is 23.7 Å². The van der Waals surface area contributed by atoms with E-state index in [1.807, 2.05) is 54.6 Å². The number of aliphatic hydroxyl groups is 2. The molecule has 2 aliphatic rings. The summed E-state index contributed by atoms with van der Waals surface area (Å²) >= 11 is 0. The Morgan fingerprint density at radius 2 is 1.59 bits per heavy atom. The van der Waals surface area contributed by atoms with Crippen LogP contribution in [0.1, 0.15) is 25.0 Å². The van der Waals surface area contributed by atoms with Gasteiger partial charge in [0.2, 0.25) is 30.3 Å². The quantitative estimate of drug-likeness (QED) is 0.0367. The van der Waals surface area contributed by atoms with Crippen LogP contribution in [0.5, 0.6) is 40.2 Å². The van der Waals surface area contributed by atoms with Gasteiger partial charge in [-0.1, -0.05) is 66.7 Å². The Labute approximate surface area is 292 Å². The Morgan fingerprint density at radius 3 is 2.33 bits per heavy atom. The predicted molar refractivity (Wildman–Crippen MR) is 185 cm³/mol. The maximum Gasteiger partial charge on any atom is 0.251 e. The number of anilines is 1. The molecule has 4 aromatic rings. The highest BCUT2D eigenvalue weighted by atomic mass is 16.7. The van der Waals surface area contributed by atoms with Crippen LogP contribution in [0.15, 0.2) is 90.0 Å². The first-order chi connectivity index (χ1) is 24.5. The Bertz CT molecular complexity index is 1980. The van der Waals surface area contributed by atoms with Gasteiger partial charge in [0.25, 0.3) is 5.91 Å². The number of rotatable bonds is 11. The summed E-state index contributed by atoms with van der Waals surface area (Å²) in [4.78, 5) is 12.9. The molecule has 2 heterocycles. The van der Waals surface area contributed by atoms with E-state index in [0.29, 0.717) is 17.7 Å². The Morgan fingerprint density at radius 1 is 0.882 bits per heavy atom. The molecular formula is C38H37NO12. The van der Waals surface area contributed by atoms with E-state index in [0.717, 1.165) is 16.7 Å². The lowest BCUT2D eigenvalue weighted by atomic mass is 10.0. The van der Waals surface area contributed by atoms with Crippen molar-refractivity contribution in [3.63, 3.8) is 0 Å². The third kappa shape index (κ3) is 7.42. The predicted octanol–water partition coefficient (Wildman–Crippen LogP) is 4.94. The molecule has 13 nitrogen and oxygen atoms in total. The molecule has 0 spiro atoms. The molecule has 1 fully saturated rings. The zero-order valence-electron chi connectivity index (χ0n) is 27.6. The number of ether oxygens (including phenoxy) is 5. The zero-order chi connectivity index (χ0) is 36.2. The van der Waals surface area contributed by atoms with Gasteiger partial charge < -0.3 is 59.6 Å². The van der Waals surface area contributed by atoms with Crippen molar-refractivity contribution in [2.45, 2.75) is 45.1 Å². The summed E-state index contributed by atoms with van der Waals surface area (Å²) in [6.45, 7) is 3.51. The molecule has 51 heavy (non-hydrogen) atoms. The fourth-order valence-corrected chi connectivity index (χ4v) is 5.72. The van der Waals surface area contributed by atoms with Crippen molar-refractivity contribution < 1.29 is 59.1 Å². The zero-order valence-corrected chi connectivity index (χ0v) is 27.6. The van der Waals surface area contributed by atoms with Gasteiger partial charge in [0.15, 0.2) is 23.0 Å². The van der Waals surface area contributed by atoms with Crippen molar-refractivity contribution >= 4 is 17.7 Å². The lowest BCUT2D eigenvalue weighted by Crippen LogP contribution is -2.35. The summed E-state index contributed by atoms with van der Waals surface area (Å²) < 4.78 is 27.6. The molecule has 2 aliphatic heterocycles. The number of aromatic hydroxyl groups is 4. The van der Waals surface area contributed by atoms with Crippen LogP contribution in [0.25, 0.3) is 17.2 Å². The average Bonchev–Trinajstić information content (AvgIpc) is 3.74. The van der Waals surface area contributed by atoms with Crippen LogP contribution in [0.3, 0.4) is 0 Å². The number of carbonyl (C=O) groups is 1. The maximum atomic E-state index is 12.9. The number of amides is 1. The van der Waals surface area contributed by atoms with E-state index in [1.165, 1.54) is 31.2 Å². The molecule has 7 N–H and O–H groups in total. The molecule has 266 valence electrons. The summed E-state index contributed by atoms with van der Waals surface area (Å²) in [5, 5.41) is 65.3. The number of hydrogen-bond donors (Lipinski definition) is 7. The second kappa shape index (κ2) is 15.0. The van der Waals surface area contributed by atoms with Crippen LogP contribution in [0.2, 0.25) is 0 Å². The van der Waals surface area contributed by atoms with E-state index in [9.17, 15) is 35.4 Å². The van der Waals surface area contributed by atoms with Crippen molar-refractivity contribution in [2.24, 2.45) is 0 Å². The topological polar surface area (TPSA) is 197 Å². The molecule has 0 saturated carbocycles. The van der Waals surface area contributed by atoms with E-state index in [2.05, 4.69) is 5.32 Å². The SMILES string of the molecule is C/C(=C\c1ccc(O[C@@H]2O[C@H](/C(C)=C/COCc3ccccc3-c3ccccc3)[C@@H](O)[C@@H]2O)c(O)c1)C(=O)Nc1c(O)c(O)c2c(c1O)OCO2. The number of phenols is 4. The van der Waals surface area contributed by atoms with Gasteiger partial charge in [0.05, 0.1) is 13.2 Å². The number of benzene rings is 4. The Balaban J connectivity index is 1.05. The van der Waals surface area contributed by atoms with E-state index < -0.39 is 53.4 Å². The molecule has 0 aromatic heterocycles. The number of fused-ring (bicyclic) bond motifs is 1. The molecule has 4 atom stereocenters. The number of phenolic OH excluding ortho intramolecular Hbond substituents is 4. The summed E-state index contributed by atoms with van der Waals surface area (Å²) in [6.07, 6.45) is -1.74. The monoisotopic (exact) mass is 699 g/mol. The standard InChI is InChI=1S/C38H37NO12/c1-20(14-15-47-18-24-10-6-7-11-25(24)23-8-4-3-5-9-23)34-32(44)33(45)38(51-34)50-27-13-12-22(17-26(27)40)16-21(2)37(46)39-28-29(41)31(43)36-35(30(28)42)48-19-49-36/h3-14,16-17,32-34,38,40-45H,15,18-19H2,1-2H3,(H,39,46)/b20-14+,21-16+/t32-,33-,34+,38+/m0/s1. The fraction of sp³-hybridized carbons (Fsp3) is 0.237. The molecule has 0 bridgehead atoms. The lowest BCUT2D eigenvalue weighted by Gasteiger charge is -2.18. The number of aliphatic hydroxyl groups excluding tert-OH is 2. The van der Waals surface area contributed by atoms with Crippen LogP contribution in [-0.2, 0) is 20.9 Å². The molecular weight excluding hydrogens is 662 g/mol. The minimum Gasteiger partial charge on any atom is -0.504 e. The Hall–Kier alpha value is -5.73. The first-order valence-electron chi connectivity index (χ1n) is 16.0. The third-order valence-electron chi connectivity index (χ3n) is 8.50. The molecule has 0 unspecified atom stereocenters. The smallest absolute Gasteiger partial charge is 0.251 e. The number of nitrogens with one attached hydrogen (secondary N) is 1. The summed E-state index contributed by atoms with van der Waals surface area (Å²) in [7, 11) is 0. The minimum atomic E-state index is -1.43. The molecule has 0 aliphatic carbocycles. The van der Waals surface area contributed by atoms with Crippen LogP contribution in [-0.4, -0.2) is 74.5 Å². The van der Waals surface area contributed by atoms with E-state index in [-0.39, 0.29) is 42.0 Å². The highest BCUT2D eigenvalue weighted by Gasteiger charge is 2.45. The highest BCUT2D eigenvalue weighted by molar-refractivity contribution is 6.08. The number of hydrogen-bond acceptors (Lipinski definition) is 12. The summed E-state index contributed by atoms with van der Waals surface area (Å²) in [5.74, 6) is -3.73. The number of carbonyl (C=O) groups excluding carboxylic acids is 1. The van der Waals surface area contributed by atoms with Crippen molar-refractivity contribution in [3.8, 4) is 51.4 Å². The van der Waals surface area contributed by atoms with Crippen molar-refractivity contribution in [2.75, 3.05) is 18.7 Å². The van der Waals surface area contributed by atoms with Gasteiger partial charge in [-0.05, 0) is 59.9 Å². The van der Waals surface area contributed by atoms with Gasteiger partial charge in [0, 0.05) is 5.57 Å². The van der Waals surface area contributed by atoms with E-state index >= 15 is 0 Å². The minimum absolute atomic E-state index is 0.0427. The summed E-state index contributed by atoms with van der Waals surface area (Å²) in [5.41, 5.74) is 3.83. The van der Waals surface area contributed by atoms with Crippen LogP contribution in [0, 0.1) is 0 Å². The molecule has 1 amide bonds. The summed E-state index contributed by atoms with van der Waals surface area (Å²) in [6, 6.07) is 22.2. The van der Waals surface area contributed by atoms with Crippen molar-refractivity contribution in [3.05, 3.63) is 101 Å². The molecule has 1 saturated heterocycles. The fourth-order valence-electron chi connectivity index (χ4n) is 5.72. The first kappa shape index (κ1) is 35.1. The van der Waals surface area contributed by atoms with Crippen LogP contribution >= 0.6 is 0 Å². The lowest BCUT2D eigenvalue weighted by molar-refractivity contribution is -0.112. The van der Waals surface area contributed by atoms with E-state index in [1.54, 1.807) is 13.0 Å². The molecule has 6 rings (SSSR count). The van der Waals surface area contributed by atoms with Crippen molar-refractivity contribution in [1.29, 1.82) is 0 Å². The Kier molecular flexibility index (Phi) is 10.3. The molecule has 4 aromatic carbocycles. The van der Waals surface area contributed by atoms with Crippen molar-refractivity contribution in [1.82, 2.24) is 0 Å². The van der Waals surface area contributed by atoms with Gasteiger partial charge in [-0.2, -0.15) is 0 Å². The second-order valence-corrected chi connectivity index (χ2v) is 12.0. The average molecular weight is 700 g/mol. The van der Waals surface area contributed by atoms with Gasteiger partial charge >= 0.3 is 0 Å². The van der Waals surface area contributed by atoms with Gasteiger partial charge in [-0.25, -0.2) is 0 Å². The van der Waals surface area contributed by atoms with Gasteiger partial charge in [-0.3, -0.25) is 4.79 Å². The highest BCUT2D eigenvalue weighted by Crippen LogP contribution is 2.56. The largest absolute Gasteiger partial charge is 0.504 e. The van der Waals surface area contributed by atoms with Crippen LogP contribution in [0.4, 0.5) is 5.69 Å².